The number of hydrogen-bond donors (Lipinski definition) is 1. The normalized spacial score (nSPS) is 17.4. The molecule has 1 aliphatic heterocycles. The van der Waals surface area contributed by atoms with Gasteiger partial charge in [-0.2, -0.15) is 26.3 Å². The standard InChI is InChI=1S/C17H16F6N2S.ClH/c18-16(19,20)12-8-11(9-13(10-12)17(21,22)23)15(14-2-1-7-26-14)25-5-3-24-4-6-25;/h1-2,7-10,15,24H,3-6H2;1H/t15-;/m0./s1. The van der Waals surface area contributed by atoms with E-state index >= 15 is 0 Å². The lowest BCUT2D eigenvalue weighted by Crippen LogP contribution is -2.45. The second kappa shape index (κ2) is 8.38. The third kappa shape index (κ3) is 5.16. The number of halogens is 7. The van der Waals surface area contributed by atoms with E-state index in [1.54, 1.807) is 17.5 Å². The minimum atomic E-state index is -4.85. The molecule has 0 saturated carbocycles. The number of alkyl halides is 6. The first-order chi connectivity index (χ1) is 12.2. The van der Waals surface area contributed by atoms with E-state index in [0.717, 1.165) is 17.0 Å². The molecule has 1 fully saturated rings. The highest BCUT2D eigenvalue weighted by Crippen LogP contribution is 2.40. The van der Waals surface area contributed by atoms with Crippen molar-refractivity contribution < 1.29 is 26.3 Å². The lowest BCUT2D eigenvalue weighted by molar-refractivity contribution is -0.143. The van der Waals surface area contributed by atoms with Crippen LogP contribution < -0.4 is 5.32 Å². The Morgan fingerprint density at radius 2 is 1.48 bits per heavy atom. The Morgan fingerprint density at radius 1 is 0.926 bits per heavy atom. The van der Waals surface area contributed by atoms with Crippen molar-refractivity contribution in [2.45, 2.75) is 18.4 Å². The first kappa shape index (κ1) is 22.0. The molecule has 0 bridgehead atoms. The zero-order valence-corrected chi connectivity index (χ0v) is 15.5. The van der Waals surface area contributed by atoms with Crippen molar-refractivity contribution in [2.24, 2.45) is 0 Å². The van der Waals surface area contributed by atoms with Crippen LogP contribution in [0.2, 0.25) is 0 Å². The molecule has 1 saturated heterocycles. The average Bonchev–Trinajstić information content (AvgIpc) is 3.08. The summed E-state index contributed by atoms with van der Waals surface area (Å²) in [7, 11) is 0. The fraction of sp³-hybridized carbons (Fsp3) is 0.412. The molecule has 3 rings (SSSR count). The van der Waals surface area contributed by atoms with Gasteiger partial charge in [0.05, 0.1) is 17.2 Å². The summed E-state index contributed by atoms with van der Waals surface area (Å²) in [5.41, 5.74) is -2.55. The lowest BCUT2D eigenvalue weighted by atomic mass is 9.97. The highest BCUT2D eigenvalue weighted by molar-refractivity contribution is 7.10. The number of hydrogen-bond acceptors (Lipinski definition) is 3. The van der Waals surface area contributed by atoms with Crippen molar-refractivity contribution >= 4 is 23.7 Å². The van der Waals surface area contributed by atoms with Gasteiger partial charge in [-0.15, -0.1) is 23.7 Å². The van der Waals surface area contributed by atoms with Crippen LogP contribution in [0.15, 0.2) is 35.7 Å². The van der Waals surface area contributed by atoms with E-state index in [9.17, 15) is 26.3 Å². The summed E-state index contributed by atoms with van der Waals surface area (Å²) in [5, 5.41) is 4.91. The Kier molecular flexibility index (Phi) is 6.83. The summed E-state index contributed by atoms with van der Waals surface area (Å²) >= 11 is 1.32. The molecule has 1 aromatic heterocycles. The number of benzene rings is 1. The molecular formula is C17H17ClF6N2S. The van der Waals surface area contributed by atoms with Crippen LogP contribution in [-0.2, 0) is 12.4 Å². The van der Waals surface area contributed by atoms with Gasteiger partial charge in [0, 0.05) is 31.1 Å². The molecule has 27 heavy (non-hydrogen) atoms. The topological polar surface area (TPSA) is 15.3 Å². The van der Waals surface area contributed by atoms with Gasteiger partial charge in [-0.25, -0.2) is 0 Å². The first-order valence-electron chi connectivity index (χ1n) is 7.94. The minimum Gasteiger partial charge on any atom is -0.314 e. The summed E-state index contributed by atoms with van der Waals surface area (Å²) in [6.45, 7) is 2.35. The Hall–Kier alpha value is -1.29. The highest BCUT2D eigenvalue weighted by atomic mass is 35.5. The first-order valence-corrected chi connectivity index (χ1v) is 8.82. The quantitative estimate of drug-likeness (QED) is 0.673. The maximum atomic E-state index is 13.2. The molecule has 0 unspecified atom stereocenters. The van der Waals surface area contributed by atoms with Crippen LogP contribution in [0.4, 0.5) is 26.3 Å². The van der Waals surface area contributed by atoms with Crippen LogP contribution in [0.3, 0.4) is 0 Å². The predicted molar refractivity (Wildman–Crippen MR) is 94.3 cm³/mol. The maximum absolute atomic E-state index is 13.2. The van der Waals surface area contributed by atoms with Gasteiger partial charge in [-0.3, -0.25) is 4.90 Å². The molecule has 1 aliphatic rings. The smallest absolute Gasteiger partial charge is 0.314 e. The largest absolute Gasteiger partial charge is 0.416 e. The van der Waals surface area contributed by atoms with Crippen molar-refractivity contribution in [1.82, 2.24) is 10.2 Å². The Balaban J connectivity index is 0.00000261. The molecule has 150 valence electrons. The van der Waals surface area contributed by atoms with Crippen LogP contribution in [-0.4, -0.2) is 31.1 Å². The second-order valence-corrected chi connectivity index (χ2v) is 7.02. The molecule has 2 aromatic rings. The average molecular weight is 431 g/mol. The molecule has 1 aromatic carbocycles. The van der Waals surface area contributed by atoms with E-state index in [2.05, 4.69) is 5.32 Å². The van der Waals surface area contributed by atoms with Gasteiger partial charge >= 0.3 is 12.4 Å². The third-order valence-electron chi connectivity index (χ3n) is 4.26. The van der Waals surface area contributed by atoms with Crippen LogP contribution in [0, 0.1) is 0 Å². The van der Waals surface area contributed by atoms with Gasteiger partial charge in [0.15, 0.2) is 0 Å². The van der Waals surface area contributed by atoms with E-state index < -0.39 is 29.5 Å². The van der Waals surface area contributed by atoms with Gasteiger partial charge in [-0.05, 0) is 35.2 Å². The van der Waals surface area contributed by atoms with E-state index in [4.69, 9.17) is 0 Å². The molecule has 2 heterocycles. The molecular weight excluding hydrogens is 414 g/mol. The van der Waals surface area contributed by atoms with Crippen molar-refractivity contribution in [3.05, 3.63) is 57.3 Å². The fourth-order valence-electron chi connectivity index (χ4n) is 3.08. The highest BCUT2D eigenvalue weighted by Gasteiger charge is 2.38. The zero-order valence-electron chi connectivity index (χ0n) is 13.9. The van der Waals surface area contributed by atoms with Gasteiger partial charge < -0.3 is 5.32 Å². The SMILES string of the molecule is Cl.FC(F)(F)c1cc([C@@H](c2cccs2)N2CCNCC2)cc(C(F)(F)F)c1. The van der Waals surface area contributed by atoms with Gasteiger partial charge in [-0.1, -0.05) is 6.07 Å². The van der Waals surface area contributed by atoms with Gasteiger partial charge in [0.25, 0.3) is 0 Å². The van der Waals surface area contributed by atoms with Crippen molar-refractivity contribution in [2.75, 3.05) is 26.2 Å². The van der Waals surface area contributed by atoms with Crippen molar-refractivity contribution in [1.29, 1.82) is 0 Å². The molecule has 0 radical (unpaired) electrons. The Bertz CT molecular complexity index is 707. The maximum Gasteiger partial charge on any atom is 0.416 e. The molecule has 2 nitrogen and oxygen atoms in total. The molecule has 1 N–H and O–H groups in total. The Morgan fingerprint density at radius 3 is 1.93 bits per heavy atom. The summed E-state index contributed by atoms with van der Waals surface area (Å²) in [4.78, 5) is 2.64. The van der Waals surface area contributed by atoms with E-state index in [1.807, 2.05) is 4.90 Å². The fourth-order valence-corrected chi connectivity index (χ4v) is 3.96. The second-order valence-electron chi connectivity index (χ2n) is 6.04. The third-order valence-corrected chi connectivity index (χ3v) is 5.18. The Labute approximate surface area is 162 Å². The molecule has 1 atom stereocenters. The van der Waals surface area contributed by atoms with E-state index in [0.29, 0.717) is 26.2 Å². The monoisotopic (exact) mass is 430 g/mol. The van der Waals surface area contributed by atoms with Crippen LogP contribution in [0.25, 0.3) is 0 Å². The number of rotatable bonds is 3. The summed E-state index contributed by atoms with van der Waals surface area (Å²) in [6, 6.07) is 4.69. The zero-order chi connectivity index (χ0) is 18.9. The number of thiophene rings is 1. The number of nitrogens with one attached hydrogen (secondary N) is 1. The molecule has 0 amide bonds. The lowest BCUT2D eigenvalue weighted by Gasteiger charge is -2.35. The predicted octanol–water partition coefficient (Wildman–Crippen LogP) is 5.20. The van der Waals surface area contributed by atoms with Gasteiger partial charge in [0.1, 0.15) is 0 Å². The van der Waals surface area contributed by atoms with E-state index in [1.165, 1.54) is 11.3 Å². The van der Waals surface area contributed by atoms with E-state index in [-0.39, 0.29) is 24.0 Å². The summed E-state index contributed by atoms with van der Waals surface area (Å²) < 4.78 is 79.2. The number of piperazine rings is 1. The van der Waals surface area contributed by atoms with Crippen LogP contribution in [0.5, 0.6) is 0 Å². The van der Waals surface area contributed by atoms with Crippen molar-refractivity contribution in [3.63, 3.8) is 0 Å². The molecule has 0 aliphatic carbocycles. The number of nitrogens with zero attached hydrogens (tertiary/aromatic N) is 1. The molecule has 10 heteroatoms. The summed E-state index contributed by atoms with van der Waals surface area (Å²) in [5.74, 6) is 0. The molecule has 0 spiro atoms. The van der Waals surface area contributed by atoms with Crippen LogP contribution in [0.1, 0.15) is 27.6 Å². The van der Waals surface area contributed by atoms with Crippen LogP contribution >= 0.6 is 23.7 Å². The van der Waals surface area contributed by atoms with Gasteiger partial charge in [0.2, 0.25) is 0 Å². The van der Waals surface area contributed by atoms with Crippen molar-refractivity contribution in [3.8, 4) is 0 Å². The minimum absolute atomic E-state index is 0. The summed E-state index contributed by atoms with van der Waals surface area (Å²) in [6.07, 6.45) is -9.70.